The van der Waals surface area contributed by atoms with Gasteiger partial charge in [-0.15, -0.1) is 0 Å². The van der Waals surface area contributed by atoms with E-state index in [0.717, 1.165) is 0 Å². The van der Waals surface area contributed by atoms with Gasteiger partial charge in [-0.25, -0.2) is 0 Å². The van der Waals surface area contributed by atoms with Crippen molar-refractivity contribution in [1.29, 1.82) is 0 Å². The first-order valence-corrected chi connectivity index (χ1v) is 2.83. The van der Waals surface area contributed by atoms with Crippen LogP contribution in [0.4, 0.5) is 0 Å². The summed E-state index contributed by atoms with van der Waals surface area (Å²) in [5.41, 5.74) is 0. The van der Waals surface area contributed by atoms with Crippen LogP contribution in [0.1, 0.15) is 0 Å². The molecular formula is H2Al2MgO4PrSr. The SMILES string of the molecule is [Mg+2].[O]=[Al][O-].[O]=[Al][O-].[Pr].[SrH2]. The first-order chi connectivity index (χ1) is 2.83. The molecule has 0 aliphatic carbocycles. The molecule has 0 heterocycles. The Labute approximate surface area is 152 Å². The molecule has 4 nitrogen and oxygen atoms in total. The van der Waals surface area contributed by atoms with E-state index in [1.807, 2.05) is 0 Å². The van der Waals surface area contributed by atoms with Gasteiger partial charge in [0.05, 0.1) is 0 Å². The van der Waals surface area contributed by atoms with Crippen LogP contribution in [0.15, 0.2) is 0 Å². The zero-order valence-electron chi connectivity index (χ0n) is 4.07. The van der Waals surface area contributed by atoms with Crippen molar-refractivity contribution in [3.05, 3.63) is 0 Å². The molecule has 0 amide bonds. The van der Waals surface area contributed by atoms with Gasteiger partial charge in [-0.1, -0.05) is 0 Å². The summed E-state index contributed by atoms with van der Waals surface area (Å²) in [6.45, 7) is 0. The summed E-state index contributed by atoms with van der Waals surface area (Å²) < 4.78 is 33.8. The van der Waals surface area contributed by atoms with Crippen molar-refractivity contribution in [3.8, 4) is 0 Å². The quantitative estimate of drug-likeness (QED) is 0.400. The van der Waals surface area contributed by atoms with Crippen molar-refractivity contribution in [1.82, 2.24) is 0 Å². The van der Waals surface area contributed by atoms with Crippen molar-refractivity contribution in [2.75, 3.05) is 0 Å². The van der Waals surface area contributed by atoms with E-state index < -0.39 is 31.0 Å². The molecule has 0 aliphatic rings. The third-order valence-corrected chi connectivity index (χ3v) is 0. The first kappa shape index (κ1) is 29.3. The molecule has 0 fully saturated rings. The Balaban J connectivity index is -0.00000000889. The average Bonchev–Trinajstić information content (AvgIpc) is 1.39. The van der Waals surface area contributed by atoms with E-state index in [9.17, 15) is 0 Å². The molecule has 1 radical (unpaired) electrons. The zero-order valence-corrected chi connectivity index (χ0v) is 11.5. The monoisotopic (exact) mass is 373 g/mol. The van der Waals surface area contributed by atoms with Crippen LogP contribution in [0.25, 0.3) is 0 Å². The average molecular weight is 373 g/mol. The van der Waals surface area contributed by atoms with Crippen LogP contribution >= 0.6 is 0 Å². The molecule has 0 aromatic carbocycles. The summed E-state index contributed by atoms with van der Waals surface area (Å²) in [5, 5.41) is 0. The number of hydrogen-bond acceptors (Lipinski definition) is 4. The van der Waals surface area contributed by atoms with Crippen molar-refractivity contribution in [3.63, 3.8) is 0 Å². The van der Waals surface area contributed by atoms with Gasteiger partial charge in [0, 0.05) is 41.3 Å². The van der Waals surface area contributed by atoms with Crippen LogP contribution in [0, 0.1) is 41.3 Å². The van der Waals surface area contributed by atoms with E-state index >= 15 is 0 Å². The molecule has 0 saturated heterocycles. The normalized spacial score (nSPS) is 1.78. The number of hydrogen-bond donors (Lipinski definition) is 0. The van der Waals surface area contributed by atoms with E-state index in [4.69, 9.17) is 15.9 Å². The van der Waals surface area contributed by atoms with Gasteiger partial charge in [0.15, 0.2) is 0 Å². The molecule has 0 aromatic heterocycles. The molecule has 0 atom stereocenters. The zero-order chi connectivity index (χ0) is 5.41. The van der Waals surface area contributed by atoms with Gasteiger partial charge in [-0.3, -0.25) is 0 Å². The van der Waals surface area contributed by atoms with E-state index in [-0.39, 0.29) is 110 Å². The van der Waals surface area contributed by atoms with Crippen LogP contribution in [0.2, 0.25) is 0 Å². The molecule has 0 rings (SSSR count). The molecule has 0 N–H and O–H groups in total. The van der Waals surface area contributed by atoms with Crippen molar-refractivity contribution in [2.24, 2.45) is 0 Å². The van der Waals surface area contributed by atoms with Gasteiger partial charge in [0.2, 0.25) is 0 Å². The summed E-state index contributed by atoms with van der Waals surface area (Å²) in [4.78, 5) is 0. The molecule has 0 unspecified atom stereocenters. The van der Waals surface area contributed by atoms with Gasteiger partial charge in [0.1, 0.15) is 0 Å². The third kappa shape index (κ3) is 77.1. The topological polar surface area (TPSA) is 80.3 Å². The molecule has 39 valence electrons. The second kappa shape index (κ2) is 40.7. The Morgan fingerprint density at radius 1 is 1.00 bits per heavy atom. The van der Waals surface area contributed by atoms with Gasteiger partial charge in [-0.2, -0.15) is 0 Å². The summed E-state index contributed by atoms with van der Waals surface area (Å²) in [6, 6.07) is 0. The molecule has 9 heteroatoms. The maximum absolute atomic E-state index is 8.46. The number of rotatable bonds is 0. The molecule has 0 bridgehead atoms. The van der Waals surface area contributed by atoms with Gasteiger partial charge in [0.25, 0.3) is 0 Å². The summed E-state index contributed by atoms with van der Waals surface area (Å²) >= 11 is -3.50. The molecule has 0 aliphatic heterocycles. The molecule has 0 aromatic rings. The van der Waals surface area contributed by atoms with Crippen LogP contribution in [-0.2, 0) is 7.61 Å². The van der Waals surface area contributed by atoms with E-state index in [1.54, 1.807) is 0 Å². The fourth-order valence-electron chi connectivity index (χ4n) is 0. The van der Waals surface area contributed by atoms with E-state index in [1.165, 1.54) is 0 Å². The predicted molar refractivity (Wildman–Crippen MR) is 27.2 cm³/mol. The van der Waals surface area contributed by atoms with E-state index in [2.05, 4.69) is 0 Å². The van der Waals surface area contributed by atoms with Crippen molar-refractivity contribution >= 4 is 99.5 Å². The molecular weight excluding hydrogens is 371 g/mol. The standard InChI is InChI=1S/2Al.Mg.4O.Pr.Sr.2H/q;;+2;;;2*-1;;;;. The van der Waals surface area contributed by atoms with Gasteiger partial charge < -0.3 is 0 Å². The summed E-state index contributed by atoms with van der Waals surface area (Å²) in [5.74, 6) is 0. The van der Waals surface area contributed by atoms with Crippen molar-refractivity contribution in [2.45, 2.75) is 0 Å². The second-order valence-electron chi connectivity index (χ2n) is 0.192. The fraction of sp³-hybridized carbons (Fsp3) is 0. The Hall–Kier alpha value is 3.88. The van der Waals surface area contributed by atoms with Crippen LogP contribution in [-0.4, -0.2) is 99.5 Å². The first-order valence-electron chi connectivity index (χ1n) is 0.943. The molecule has 9 heavy (non-hydrogen) atoms. The summed E-state index contributed by atoms with van der Waals surface area (Å²) in [7, 11) is 0. The molecule has 0 spiro atoms. The third-order valence-electron chi connectivity index (χ3n) is 0. The van der Waals surface area contributed by atoms with Crippen LogP contribution in [0.5, 0.6) is 0 Å². The predicted octanol–water partition coefficient (Wildman–Crippen LogP) is -4.67. The Bertz CT molecular complexity index is 39.5. The van der Waals surface area contributed by atoms with Crippen LogP contribution in [0.3, 0.4) is 0 Å². The minimum atomic E-state index is -1.75. The van der Waals surface area contributed by atoms with Gasteiger partial charge >= 0.3 is 115 Å². The summed E-state index contributed by atoms with van der Waals surface area (Å²) in [6.07, 6.45) is 0. The fourth-order valence-corrected chi connectivity index (χ4v) is 0. The minimum absolute atomic E-state index is 0. The Kier molecular flexibility index (Phi) is 132. The van der Waals surface area contributed by atoms with Crippen LogP contribution < -0.4 is 8.32 Å². The van der Waals surface area contributed by atoms with E-state index in [0.29, 0.717) is 0 Å². The van der Waals surface area contributed by atoms with Crippen molar-refractivity contribution < 1.29 is 57.2 Å². The van der Waals surface area contributed by atoms with Gasteiger partial charge in [-0.05, 0) is 0 Å². The Morgan fingerprint density at radius 2 is 1.00 bits per heavy atom. The second-order valence-corrected chi connectivity index (χ2v) is 0.577. The Morgan fingerprint density at radius 3 is 1.00 bits per heavy atom. The maximum atomic E-state index is 8.46. The molecule has 0 saturated carbocycles.